The Kier molecular flexibility index (Phi) is 7.45. The van der Waals surface area contributed by atoms with Gasteiger partial charge in [0.15, 0.2) is 0 Å². The fourth-order valence-electron chi connectivity index (χ4n) is 3.72. The van der Waals surface area contributed by atoms with Crippen LogP contribution in [0.5, 0.6) is 11.5 Å². The zero-order valence-corrected chi connectivity index (χ0v) is 16.3. The van der Waals surface area contributed by atoms with E-state index in [9.17, 15) is 9.66 Å². The molecule has 1 aliphatic carbocycles. The molecule has 1 aliphatic rings. The zero-order valence-electron chi connectivity index (χ0n) is 15.5. The zero-order chi connectivity index (χ0) is 18.4. The van der Waals surface area contributed by atoms with Crippen molar-refractivity contribution in [1.82, 2.24) is 0 Å². The quantitative estimate of drug-likeness (QED) is 0.350. The van der Waals surface area contributed by atoms with E-state index in [2.05, 4.69) is 26.5 Å². The number of benzene rings is 1. The highest BCUT2D eigenvalue weighted by Gasteiger charge is 2.28. The highest BCUT2D eigenvalue weighted by atomic mass is 32.2. The van der Waals surface area contributed by atoms with Crippen molar-refractivity contribution in [3.63, 3.8) is 0 Å². The molecule has 3 nitrogen and oxygen atoms in total. The van der Waals surface area contributed by atoms with Gasteiger partial charge in [0.1, 0.15) is 5.75 Å². The second-order valence-corrected chi connectivity index (χ2v) is 7.47. The van der Waals surface area contributed by atoms with Crippen LogP contribution in [0.25, 0.3) is 0 Å². The lowest BCUT2D eigenvalue weighted by Crippen LogP contribution is -2.19. The Balaban J connectivity index is 2.43. The molecule has 1 aromatic rings. The predicted octanol–water partition coefficient (Wildman–Crippen LogP) is 6.01. The molecule has 0 heterocycles. The molecule has 0 radical (unpaired) electrons. The van der Waals surface area contributed by atoms with Gasteiger partial charge in [-0.1, -0.05) is 49.6 Å². The molecule has 0 amide bonds. The van der Waals surface area contributed by atoms with Crippen molar-refractivity contribution in [2.24, 2.45) is 5.92 Å². The summed E-state index contributed by atoms with van der Waals surface area (Å²) in [5.41, 5.74) is 4.00. The second-order valence-electron chi connectivity index (χ2n) is 7.15. The minimum absolute atomic E-state index is 0.000230. The number of allylic oxidation sites excluding steroid dienone is 3. The Morgan fingerprint density at radius 3 is 2.80 bits per heavy atom. The van der Waals surface area contributed by atoms with E-state index in [1.165, 1.54) is 5.57 Å². The van der Waals surface area contributed by atoms with E-state index in [4.69, 9.17) is 4.18 Å². The highest BCUT2D eigenvalue weighted by Crippen LogP contribution is 2.46. The Bertz CT molecular complexity index is 636. The van der Waals surface area contributed by atoms with Crippen molar-refractivity contribution in [3.8, 4) is 11.5 Å². The Labute approximate surface area is 156 Å². The fourth-order valence-corrected chi connectivity index (χ4v) is 3.94. The molecule has 1 aromatic carbocycles. The van der Waals surface area contributed by atoms with Crippen LogP contribution in [0.4, 0.5) is 0 Å². The third-order valence-electron chi connectivity index (χ3n) is 5.07. The van der Waals surface area contributed by atoms with Gasteiger partial charge in [-0.05, 0) is 62.6 Å². The summed E-state index contributed by atoms with van der Waals surface area (Å²) in [5, 5.41) is 12.9. The summed E-state index contributed by atoms with van der Waals surface area (Å²) in [6.45, 7) is 10.4. The molecule has 0 bridgehead atoms. The molecule has 1 N–H and O–H groups in total. The van der Waals surface area contributed by atoms with Gasteiger partial charge in [-0.25, -0.2) is 0 Å². The fraction of sp³-hybridized carbons (Fsp3) is 0.524. The van der Waals surface area contributed by atoms with Gasteiger partial charge in [0, 0.05) is 5.92 Å². The van der Waals surface area contributed by atoms with Crippen LogP contribution in [0.15, 0.2) is 35.9 Å². The maximum absolute atomic E-state index is 12.9. The van der Waals surface area contributed by atoms with Crippen LogP contribution >= 0.6 is 12.3 Å². The summed E-state index contributed by atoms with van der Waals surface area (Å²) < 4.78 is 14.6. The lowest BCUT2D eigenvalue weighted by atomic mass is 9.73. The van der Waals surface area contributed by atoms with E-state index >= 15 is 0 Å². The van der Waals surface area contributed by atoms with Crippen molar-refractivity contribution < 1.29 is 13.8 Å². The molecule has 138 valence electrons. The maximum Gasteiger partial charge on any atom is 0.222 e. The molecule has 0 unspecified atom stereocenters. The summed E-state index contributed by atoms with van der Waals surface area (Å²) >= 11 is 0.307. The van der Waals surface area contributed by atoms with Gasteiger partial charge in [0.2, 0.25) is 12.3 Å². The predicted molar refractivity (Wildman–Crippen MR) is 104 cm³/mol. The van der Waals surface area contributed by atoms with E-state index in [0.717, 1.165) is 49.7 Å². The van der Waals surface area contributed by atoms with Crippen molar-refractivity contribution in [1.29, 1.82) is 0 Å². The highest BCUT2D eigenvalue weighted by molar-refractivity contribution is 7.89. The summed E-state index contributed by atoms with van der Waals surface area (Å²) in [6.07, 6.45) is 8.39. The molecule has 2 atom stereocenters. The summed E-state index contributed by atoms with van der Waals surface area (Å²) in [7, 11) is 0. The average Bonchev–Trinajstić information content (AvgIpc) is 2.55. The van der Waals surface area contributed by atoms with E-state index < -0.39 is 0 Å². The lowest BCUT2D eigenvalue weighted by molar-refractivity contribution is -0.269. The van der Waals surface area contributed by atoms with Crippen LogP contribution in [-0.2, 0) is 6.42 Å². The molecule has 0 spiro atoms. The standard InChI is InChI=1S/C21H30O3S/c1-5-6-7-8-16-12-19(22)21(20(13-16)24-25-23)18-11-15(4)9-10-17(18)14(2)3/h11-13,17-18,22-23H,2,5-10H2,1,3-4H3/p-1/t17-,18+/m0/s1. The minimum atomic E-state index is -0.0365. The summed E-state index contributed by atoms with van der Waals surface area (Å²) in [4.78, 5) is 0. The van der Waals surface area contributed by atoms with E-state index in [-0.39, 0.29) is 17.6 Å². The molecule has 0 fully saturated rings. The molecular formula is C21H29O3S-. The Morgan fingerprint density at radius 2 is 2.16 bits per heavy atom. The van der Waals surface area contributed by atoms with E-state index in [1.807, 2.05) is 13.0 Å². The topological polar surface area (TPSA) is 52.5 Å². The number of rotatable bonds is 8. The molecule has 2 rings (SSSR count). The van der Waals surface area contributed by atoms with Gasteiger partial charge in [0.25, 0.3) is 0 Å². The van der Waals surface area contributed by atoms with E-state index in [1.54, 1.807) is 6.07 Å². The largest absolute Gasteiger partial charge is 0.872 e. The molecule has 0 aliphatic heterocycles. The summed E-state index contributed by atoms with van der Waals surface area (Å²) in [5.74, 6) is 0.688. The van der Waals surface area contributed by atoms with Gasteiger partial charge < -0.3 is 9.29 Å². The first-order valence-electron chi connectivity index (χ1n) is 9.12. The van der Waals surface area contributed by atoms with Crippen LogP contribution in [0, 0.1) is 5.92 Å². The normalized spacial score (nSPS) is 20.2. The number of unbranched alkanes of at least 4 members (excludes halogenated alkanes) is 2. The third-order valence-corrected chi connectivity index (χ3v) is 5.33. The third kappa shape index (κ3) is 5.05. The molecule has 0 saturated heterocycles. The number of hydrogen-bond acceptors (Lipinski definition) is 4. The minimum Gasteiger partial charge on any atom is -0.872 e. The first-order chi connectivity index (χ1) is 12.0. The Hall–Kier alpha value is -1.39. The van der Waals surface area contributed by atoms with Crippen LogP contribution < -0.4 is 9.29 Å². The number of aryl methyl sites for hydroxylation is 1. The molecule has 0 aromatic heterocycles. The average molecular weight is 362 g/mol. The summed E-state index contributed by atoms with van der Waals surface area (Å²) in [6, 6.07) is 3.66. The first kappa shape index (κ1) is 19.9. The second kappa shape index (κ2) is 9.35. The van der Waals surface area contributed by atoms with E-state index in [0.29, 0.717) is 23.6 Å². The number of hydrogen-bond donors (Lipinski definition) is 1. The SMILES string of the molecule is C=C(C)[C@@H]1CCC(C)=C[C@H]1c1c([O-])cc(CCCCC)cc1OSO. The van der Waals surface area contributed by atoms with Crippen molar-refractivity contribution in [3.05, 3.63) is 47.1 Å². The van der Waals surface area contributed by atoms with Crippen molar-refractivity contribution in [2.75, 3.05) is 0 Å². The van der Waals surface area contributed by atoms with Gasteiger partial charge in [-0.3, -0.25) is 4.55 Å². The van der Waals surface area contributed by atoms with Crippen LogP contribution in [0.3, 0.4) is 0 Å². The maximum atomic E-state index is 12.9. The molecule has 25 heavy (non-hydrogen) atoms. The van der Waals surface area contributed by atoms with Crippen LogP contribution in [0.1, 0.15) is 69.9 Å². The first-order valence-corrected chi connectivity index (χ1v) is 9.82. The molecule has 4 heteroatoms. The van der Waals surface area contributed by atoms with Crippen LogP contribution in [0.2, 0.25) is 0 Å². The van der Waals surface area contributed by atoms with Crippen molar-refractivity contribution in [2.45, 2.75) is 65.2 Å². The Morgan fingerprint density at radius 1 is 1.40 bits per heavy atom. The van der Waals surface area contributed by atoms with Gasteiger partial charge in [0.05, 0.1) is 0 Å². The van der Waals surface area contributed by atoms with Gasteiger partial charge in [-0.15, -0.1) is 5.75 Å². The molecular weight excluding hydrogens is 332 g/mol. The molecule has 0 saturated carbocycles. The van der Waals surface area contributed by atoms with Crippen molar-refractivity contribution >= 4 is 12.3 Å². The monoisotopic (exact) mass is 361 g/mol. The lowest BCUT2D eigenvalue weighted by Gasteiger charge is -2.34. The van der Waals surface area contributed by atoms with Gasteiger partial charge >= 0.3 is 0 Å². The smallest absolute Gasteiger partial charge is 0.222 e. The van der Waals surface area contributed by atoms with Crippen LogP contribution in [-0.4, -0.2) is 4.55 Å². The van der Waals surface area contributed by atoms with Gasteiger partial charge in [-0.2, -0.15) is 0 Å².